The Morgan fingerprint density at radius 3 is 2.32 bits per heavy atom. The van der Waals surface area contributed by atoms with Gasteiger partial charge in [0, 0.05) is 18.3 Å². The summed E-state index contributed by atoms with van der Waals surface area (Å²) in [6.07, 6.45) is -4.49. The van der Waals surface area contributed by atoms with Crippen LogP contribution < -0.4 is 5.32 Å². The second-order valence-corrected chi connectivity index (χ2v) is 7.71. The number of amides is 1. The predicted molar refractivity (Wildman–Crippen MR) is 118 cm³/mol. The van der Waals surface area contributed by atoms with Crippen molar-refractivity contribution in [2.75, 3.05) is 0 Å². The molecule has 4 aromatic rings. The van der Waals surface area contributed by atoms with Crippen LogP contribution in [0.1, 0.15) is 27.2 Å². The van der Waals surface area contributed by atoms with Gasteiger partial charge in [-0.05, 0) is 48.4 Å². The van der Waals surface area contributed by atoms with Crippen LogP contribution in [0.3, 0.4) is 0 Å². The van der Waals surface area contributed by atoms with Gasteiger partial charge in [-0.15, -0.1) is 0 Å². The van der Waals surface area contributed by atoms with Crippen molar-refractivity contribution < 1.29 is 26.7 Å². The number of hydrogen-bond donors (Lipinski definition) is 1. The molecule has 0 aliphatic heterocycles. The third-order valence-corrected chi connectivity index (χ3v) is 5.42. The lowest BCUT2D eigenvalue weighted by molar-refractivity contribution is -0.137. The summed E-state index contributed by atoms with van der Waals surface area (Å²) < 4.78 is 68.6. The molecule has 0 fully saturated rings. The van der Waals surface area contributed by atoms with Gasteiger partial charge in [-0.3, -0.25) is 4.79 Å². The van der Waals surface area contributed by atoms with Crippen LogP contribution in [0.2, 0.25) is 0 Å². The molecular formula is C26H19F5N2O. The lowest BCUT2D eigenvalue weighted by Gasteiger charge is -2.13. The highest BCUT2D eigenvalue weighted by molar-refractivity contribution is 5.97. The van der Waals surface area contributed by atoms with Gasteiger partial charge in [-0.2, -0.15) is 13.2 Å². The number of carbonyl (C=O) groups excluding carboxylic acids is 1. The predicted octanol–water partition coefficient (Wildman–Crippen LogP) is 6.68. The quantitative estimate of drug-likeness (QED) is 0.325. The Balaban J connectivity index is 1.70. The summed E-state index contributed by atoms with van der Waals surface area (Å²) >= 11 is 0. The first kappa shape index (κ1) is 23.2. The van der Waals surface area contributed by atoms with E-state index < -0.39 is 29.3 Å². The minimum atomic E-state index is -4.49. The summed E-state index contributed by atoms with van der Waals surface area (Å²) in [5.74, 6) is -2.06. The van der Waals surface area contributed by atoms with Crippen molar-refractivity contribution in [1.82, 2.24) is 9.88 Å². The molecule has 3 nitrogen and oxygen atoms in total. The van der Waals surface area contributed by atoms with Gasteiger partial charge >= 0.3 is 6.18 Å². The molecule has 3 aromatic carbocycles. The van der Waals surface area contributed by atoms with Gasteiger partial charge in [0.15, 0.2) is 0 Å². The van der Waals surface area contributed by atoms with Gasteiger partial charge in [0.25, 0.3) is 5.91 Å². The Bertz CT molecular complexity index is 1340. The second kappa shape index (κ2) is 9.13. The Hall–Kier alpha value is -3.94. The Morgan fingerprint density at radius 2 is 1.65 bits per heavy atom. The first-order chi connectivity index (χ1) is 16.1. The average Bonchev–Trinajstić information content (AvgIpc) is 3.15. The molecular weight excluding hydrogens is 451 g/mol. The molecule has 1 heterocycles. The van der Waals surface area contributed by atoms with Crippen LogP contribution in [0.15, 0.2) is 78.9 Å². The van der Waals surface area contributed by atoms with Crippen molar-refractivity contribution in [3.63, 3.8) is 0 Å². The number of nitrogens with zero attached hydrogens (tertiary/aromatic N) is 1. The molecule has 0 aliphatic rings. The zero-order chi connectivity index (χ0) is 24.5. The number of aromatic nitrogens is 1. The number of halogens is 5. The molecule has 1 amide bonds. The zero-order valence-electron chi connectivity index (χ0n) is 18.0. The molecule has 174 valence electrons. The number of alkyl halides is 3. The number of nitrogens with one attached hydrogen (secondary N) is 1. The fourth-order valence-electron chi connectivity index (χ4n) is 3.77. The maximum absolute atomic E-state index is 14.7. The Morgan fingerprint density at radius 1 is 0.912 bits per heavy atom. The summed E-state index contributed by atoms with van der Waals surface area (Å²) in [4.78, 5) is 13.0. The van der Waals surface area contributed by atoms with Gasteiger partial charge in [0.1, 0.15) is 11.6 Å². The van der Waals surface area contributed by atoms with Gasteiger partial charge in [0.05, 0.1) is 22.5 Å². The fourth-order valence-corrected chi connectivity index (χ4v) is 3.77. The summed E-state index contributed by atoms with van der Waals surface area (Å²) in [6.45, 7) is 1.49. The van der Waals surface area contributed by atoms with Crippen molar-refractivity contribution in [3.8, 4) is 16.9 Å². The highest BCUT2D eigenvalue weighted by Crippen LogP contribution is 2.32. The van der Waals surface area contributed by atoms with E-state index >= 15 is 0 Å². The van der Waals surface area contributed by atoms with Gasteiger partial charge in [0.2, 0.25) is 0 Å². The van der Waals surface area contributed by atoms with Crippen molar-refractivity contribution >= 4 is 5.91 Å². The molecule has 34 heavy (non-hydrogen) atoms. The maximum atomic E-state index is 14.7. The molecule has 4 rings (SSSR count). The monoisotopic (exact) mass is 470 g/mol. The molecule has 0 aliphatic carbocycles. The summed E-state index contributed by atoms with van der Waals surface area (Å²) in [5, 5.41) is 2.63. The first-order valence-electron chi connectivity index (χ1n) is 10.3. The van der Waals surface area contributed by atoms with E-state index in [0.717, 1.165) is 24.3 Å². The third kappa shape index (κ3) is 4.71. The molecule has 0 spiro atoms. The number of carbonyl (C=O) groups is 1. The maximum Gasteiger partial charge on any atom is 0.416 e. The van der Waals surface area contributed by atoms with E-state index in [1.807, 2.05) is 6.07 Å². The molecule has 0 saturated carbocycles. The van der Waals surface area contributed by atoms with Crippen LogP contribution in [0.4, 0.5) is 22.0 Å². The van der Waals surface area contributed by atoms with Crippen LogP contribution in [0.25, 0.3) is 16.9 Å². The van der Waals surface area contributed by atoms with E-state index in [1.165, 1.54) is 22.8 Å². The molecule has 0 saturated heterocycles. The molecule has 1 aromatic heterocycles. The molecule has 1 N–H and O–H groups in total. The summed E-state index contributed by atoms with van der Waals surface area (Å²) in [5.41, 5.74) is 1.36. The van der Waals surface area contributed by atoms with E-state index in [9.17, 15) is 26.7 Å². The lowest BCUT2D eigenvalue weighted by Crippen LogP contribution is -2.23. The number of benzene rings is 3. The summed E-state index contributed by atoms with van der Waals surface area (Å²) in [6, 6.07) is 18.4. The van der Waals surface area contributed by atoms with E-state index in [4.69, 9.17) is 0 Å². The molecule has 0 atom stereocenters. The third-order valence-electron chi connectivity index (χ3n) is 5.42. The molecule has 8 heteroatoms. The van der Waals surface area contributed by atoms with Crippen LogP contribution in [0.5, 0.6) is 0 Å². The van der Waals surface area contributed by atoms with Crippen LogP contribution in [0, 0.1) is 18.6 Å². The van der Waals surface area contributed by atoms with Crippen LogP contribution in [-0.4, -0.2) is 10.5 Å². The van der Waals surface area contributed by atoms with E-state index in [-0.39, 0.29) is 23.4 Å². The number of hydrogen-bond acceptors (Lipinski definition) is 1. The van der Waals surface area contributed by atoms with Crippen molar-refractivity contribution in [2.24, 2.45) is 0 Å². The van der Waals surface area contributed by atoms with Crippen molar-refractivity contribution in [3.05, 3.63) is 113 Å². The van der Waals surface area contributed by atoms with E-state index in [2.05, 4.69) is 5.32 Å². The van der Waals surface area contributed by atoms with Crippen molar-refractivity contribution in [1.29, 1.82) is 0 Å². The highest BCUT2D eigenvalue weighted by Gasteiger charge is 2.30. The minimum Gasteiger partial charge on any atom is -0.348 e. The topological polar surface area (TPSA) is 34.0 Å². The van der Waals surface area contributed by atoms with Gasteiger partial charge in [-0.25, -0.2) is 8.78 Å². The van der Waals surface area contributed by atoms with Crippen molar-refractivity contribution in [2.45, 2.75) is 19.6 Å². The van der Waals surface area contributed by atoms with Gasteiger partial charge < -0.3 is 9.88 Å². The Kier molecular flexibility index (Phi) is 6.24. The van der Waals surface area contributed by atoms with E-state index in [0.29, 0.717) is 17.0 Å². The second-order valence-electron chi connectivity index (χ2n) is 7.71. The number of rotatable bonds is 5. The van der Waals surface area contributed by atoms with Crippen LogP contribution in [-0.2, 0) is 12.7 Å². The van der Waals surface area contributed by atoms with E-state index in [1.54, 1.807) is 37.3 Å². The SMILES string of the molecule is Cc1c(C(=O)NCc2cccc(C(F)(F)F)c2)cc(-c2ccccc2)n1-c1ccc(F)cc1F. The normalized spacial score (nSPS) is 11.5. The lowest BCUT2D eigenvalue weighted by atomic mass is 10.1. The smallest absolute Gasteiger partial charge is 0.348 e. The standard InChI is InChI=1S/C26H19F5N2O/c1-16-21(25(34)32-15-17-6-5-9-19(12-17)26(29,30)31)14-24(18-7-3-2-4-8-18)33(16)23-11-10-20(27)13-22(23)28/h2-14H,15H2,1H3,(H,32,34). The van der Waals surface area contributed by atoms with Crippen LogP contribution >= 0.6 is 0 Å². The fraction of sp³-hybridized carbons (Fsp3) is 0.115. The average molecular weight is 470 g/mol. The largest absolute Gasteiger partial charge is 0.416 e. The summed E-state index contributed by atoms with van der Waals surface area (Å²) in [7, 11) is 0. The Labute approximate surface area is 192 Å². The zero-order valence-corrected chi connectivity index (χ0v) is 18.0. The minimum absolute atomic E-state index is 0.0645. The molecule has 0 bridgehead atoms. The first-order valence-corrected chi connectivity index (χ1v) is 10.3. The highest BCUT2D eigenvalue weighted by atomic mass is 19.4. The van der Waals surface area contributed by atoms with Gasteiger partial charge in [-0.1, -0.05) is 42.5 Å². The molecule has 0 radical (unpaired) electrons. The molecule has 0 unspecified atom stereocenters.